The second-order valence-electron chi connectivity index (χ2n) is 7.89. The highest BCUT2D eigenvalue weighted by atomic mass is 16.5. The third-order valence-corrected chi connectivity index (χ3v) is 5.91. The van der Waals surface area contributed by atoms with E-state index < -0.39 is 0 Å². The Kier molecular flexibility index (Phi) is 5.96. The normalized spacial score (nSPS) is 10.9. The van der Waals surface area contributed by atoms with Gasteiger partial charge in [0.2, 0.25) is 5.78 Å². The van der Waals surface area contributed by atoms with Gasteiger partial charge in [-0.1, -0.05) is 30.3 Å². The summed E-state index contributed by atoms with van der Waals surface area (Å²) in [6.45, 7) is 5.51. The summed E-state index contributed by atoms with van der Waals surface area (Å²) in [4.78, 5) is 26.5. The molecular weight excluding hydrogens is 418 g/mol. The van der Waals surface area contributed by atoms with Crippen LogP contribution in [-0.4, -0.2) is 33.4 Å². The zero-order valence-corrected chi connectivity index (χ0v) is 19.5. The van der Waals surface area contributed by atoms with E-state index >= 15 is 0 Å². The second kappa shape index (κ2) is 8.86. The first-order valence-electron chi connectivity index (χ1n) is 10.7. The van der Waals surface area contributed by atoms with Crippen LogP contribution in [0.5, 0.6) is 11.5 Å². The number of aromatic nitrogens is 3. The molecule has 0 fully saturated rings. The van der Waals surface area contributed by atoms with E-state index in [4.69, 9.17) is 9.47 Å². The molecule has 0 N–H and O–H groups in total. The zero-order valence-electron chi connectivity index (χ0n) is 19.5. The van der Waals surface area contributed by atoms with E-state index in [9.17, 15) is 9.59 Å². The van der Waals surface area contributed by atoms with Crippen LogP contribution in [0.1, 0.15) is 27.4 Å². The molecule has 0 saturated heterocycles. The van der Waals surface area contributed by atoms with E-state index in [2.05, 4.69) is 0 Å². The first kappa shape index (κ1) is 22.2. The fraction of sp³-hybridized carbons (Fsp3) is 0.231. The first-order chi connectivity index (χ1) is 15.8. The van der Waals surface area contributed by atoms with Crippen molar-refractivity contribution >= 4 is 5.78 Å². The quantitative estimate of drug-likeness (QED) is 0.401. The Bertz CT molecular complexity index is 1380. The number of ether oxygens (including phenoxy) is 2. The molecule has 0 unspecified atom stereocenters. The van der Waals surface area contributed by atoms with Gasteiger partial charge in [0.25, 0.3) is 5.56 Å². The Labute approximate surface area is 192 Å². The van der Waals surface area contributed by atoms with E-state index in [0.717, 1.165) is 17.1 Å². The van der Waals surface area contributed by atoms with Crippen LogP contribution in [0.25, 0.3) is 11.4 Å². The van der Waals surface area contributed by atoms with Crippen molar-refractivity contribution in [2.45, 2.75) is 20.8 Å². The number of hydrogen-bond donors (Lipinski definition) is 0. The molecule has 2 aromatic carbocycles. The summed E-state index contributed by atoms with van der Waals surface area (Å²) in [5.74, 6) is 0.904. The van der Waals surface area contributed by atoms with Gasteiger partial charge in [-0.25, -0.2) is 4.68 Å². The maximum Gasteiger partial charge on any atom is 0.295 e. The van der Waals surface area contributed by atoms with Crippen molar-refractivity contribution in [3.05, 3.63) is 93.7 Å². The molecule has 0 aliphatic rings. The molecule has 7 heteroatoms. The molecule has 2 aromatic heterocycles. The predicted molar refractivity (Wildman–Crippen MR) is 127 cm³/mol. The van der Waals surface area contributed by atoms with Crippen molar-refractivity contribution in [1.82, 2.24) is 13.9 Å². The summed E-state index contributed by atoms with van der Waals surface area (Å²) in [6.07, 6.45) is 0. The summed E-state index contributed by atoms with van der Waals surface area (Å²) in [5, 5.41) is 0. The summed E-state index contributed by atoms with van der Waals surface area (Å²) in [6, 6.07) is 18.5. The fourth-order valence-electron chi connectivity index (χ4n) is 4.16. The van der Waals surface area contributed by atoms with E-state index in [1.54, 1.807) is 23.9 Å². The van der Waals surface area contributed by atoms with Crippen LogP contribution >= 0.6 is 0 Å². The first-order valence-corrected chi connectivity index (χ1v) is 10.7. The molecular formula is C26H27N3O4. The van der Waals surface area contributed by atoms with Gasteiger partial charge in [-0.05, 0) is 51.1 Å². The topological polar surface area (TPSA) is 67.4 Å². The lowest BCUT2D eigenvalue weighted by Gasteiger charge is -2.10. The number of nitrogens with zero attached hydrogens (tertiary/aromatic N) is 3. The number of carbonyl (C=O) groups excluding carboxylic acids is 1. The average molecular weight is 446 g/mol. The van der Waals surface area contributed by atoms with Crippen LogP contribution < -0.4 is 15.0 Å². The van der Waals surface area contributed by atoms with Crippen molar-refractivity contribution in [2.75, 3.05) is 13.7 Å². The van der Waals surface area contributed by atoms with Gasteiger partial charge in [-0.3, -0.25) is 14.3 Å². The van der Waals surface area contributed by atoms with E-state index in [-0.39, 0.29) is 17.9 Å². The van der Waals surface area contributed by atoms with Gasteiger partial charge in [0.1, 0.15) is 5.69 Å². The van der Waals surface area contributed by atoms with Crippen LogP contribution in [0.4, 0.5) is 0 Å². The summed E-state index contributed by atoms with van der Waals surface area (Å²) in [7, 11) is 3.41. The number of carbonyl (C=O) groups is 1. The van der Waals surface area contributed by atoms with Crippen LogP contribution in [0.3, 0.4) is 0 Å². The maximum atomic E-state index is 13.5. The Morgan fingerprint density at radius 3 is 2.21 bits per heavy atom. The number of methoxy groups -OCH3 is 1. The highest BCUT2D eigenvalue weighted by Crippen LogP contribution is 2.27. The van der Waals surface area contributed by atoms with Crippen molar-refractivity contribution < 1.29 is 14.3 Å². The van der Waals surface area contributed by atoms with Crippen molar-refractivity contribution in [3.8, 4) is 22.9 Å². The molecule has 0 bridgehead atoms. The smallest absolute Gasteiger partial charge is 0.295 e. The van der Waals surface area contributed by atoms with Crippen molar-refractivity contribution in [3.63, 3.8) is 0 Å². The molecule has 0 aliphatic carbocycles. The number of aryl methyl sites for hydroxylation is 1. The minimum atomic E-state index is -0.169. The molecule has 0 radical (unpaired) electrons. The van der Waals surface area contributed by atoms with Gasteiger partial charge in [0.15, 0.2) is 18.1 Å². The third-order valence-electron chi connectivity index (χ3n) is 5.91. The molecule has 0 aliphatic heterocycles. The molecule has 7 nitrogen and oxygen atoms in total. The molecule has 33 heavy (non-hydrogen) atoms. The number of Topliss-reactive ketones (excluding diaryl/α,β-unsaturated/α-hetero) is 1. The predicted octanol–water partition coefficient (Wildman–Crippen LogP) is 4.16. The molecule has 2 heterocycles. The lowest BCUT2D eigenvalue weighted by Crippen LogP contribution is -2.22. The van der Waals surface area contributed by atoms with Crippen LogP contribution in [0, 0.1) is 20.8 Å². The van der Waals surface area contributed by atoms with Gasteiger partial charge < -0.3 is 14.0 Å². The monoisotopic (exact) mass is 445 g/mol. The number of para-hydroxylation sites is 3. The molecule has 0 atom stereocenters. The van der Waals surface area contributed by atoms with Gasteiger partial charge in [0.05, 0.1) is 18.5 Å². The highest BCUT2D eigenvalue weighted by Gasteiger charge is 2.24. The number of ketones is 1. The lowest BCUT2D eigenvalue weighted by atomic mass is 10.1. The molecule has 0 saturated carbocycles. The maximum absolute atomic E-state index is 13.5. The molecule has 170 valence electrons. The van der Waals surface area contributed by atoms with Crippen molar-refractivity contribution in [2.24, 2.45) is 7.05 Å². The van der Waals surface area contributed by atoms with E-state index in [1.165, 1.54) is 0 Å². The SMILES string of the molecule is COc1ccccc1OCC(=O)c1cc(C)n(-c2c(C)n(C)n(-c3ccccc3)c2=O)c1C. The van der Waals surface area contributed by atoms with Gasteiger partial charge >= 0.3 is 0 Å². The van der Waals surface area contributed by atoms with Crippen molar-refractivity contribution in [1.29, 1.82) is 0 Å². The minimum Gasteiger partial charge on any atom is -0.493 e. The summed E-state index contributed by atoms with van der Waals surface area (Å²) in [5.41, 5.74) is 3.99. The van der Waals surface area contributed by atoms with Crippen LogP contribution in [0.2, 0.25) is 0 Å². The Morgan fingerprint density at radius 1 is 0.909 bits per heavy atom. The van der Waals surface area contributed by atoms with Gasteiger partial charge in [-0.2, -0.15) is 0 Å². The van der Waals surface area contributed by atoms with Gasteiger partial charge in [0, 0.05) is 24.0 Å². The largest absolute Gasteiger partial charge is 0.493 e. The number of benzene rings is 2. The van der Waals surface area contributed by atoms with E-state index in [1.807, 2.05) is 85.6 Å². The second-order valence-corrected chi connectivity index (χ2v) is 7.89. The zero-order chi connectivity index (χ0) is 23.7. The number of rotatable bonds is 7. The summed E-state index contributed by atoms with van der Waals surface area (Å²) < 4.78 is 16.3. The molecule has 4 aromatic rings. The highest BCUT2D eigenvalue weighted by molar-refractivity contribution is 5.98. The van der Waals surface area contributed by atoms with Gasteiger partial charge in [-0.15, -0.1) is 0 Å². The lowest BCUT2D eigenvalue weighted by molar-refractivity contribution is 0.0919. The Balaban J connectivity index is 1.70. The third kappa shape index (κ3) is 3.86. The Hall–Kier alpha value is -4.00. The molecule has 4 rings (SSSR count). The Morgan fingerprint density at radius 2 is 1.55 bits per heavy atom. The fourth-order valence-corrected chi connectivity index (χ4v) is 4.16. The minimum absolute atomic E-state index is 0.132. The van der Waals surface area contributed by atoms with Crippen LogP contribution in [-0.2, 0) is 7.05 Å². The molecule has 0 amide bonds. The van der Waals surface area contributed by atoms with E-state index in [0.29, 0.717) is 28.4 Å². The number of hydrogen-bond acceptors (Lipinski definition) is 4. The summed E-state index contributed by atoms with van der Waals surface area (Å²) >= 11 is 0. The van der Waals surface area contributed by atoms with Crippen LogP contribution in [0.15, 0.2) is 65.5 Å². The average Bonchev–Trinajstić information content (AvgIpc) is 3.23. The molecule has 0 spiro atoms. The standard InChI is InChI=1S/C26H27N3O4/c1-17-15-21(22(30)16-33-24-14-10-9-13-23(24)32-5)18(2)28(17)25-19(3)27(4)29(26(25)31)20-11-7-6-8-12-20/h6-15H,16H2,1-5H3.